The second-order valence-corrected chi connectivity index (χ2v) is 3.43. The Hall–Kier alpha value is -1.21. The van der Waals surface area contributed by atoms with E-state index in [1.807, 2.05) is 30.3 Å². The Morgan fingerprint density at radius 2 is 1.15 bits per heavy atom. The molecule has 0 atom stereocenters. The third kappa shape index (κ3) is 1.93. The number of thiol groups is 1. The van der Waals surface area contributed by atoms with E-state index in [1.54, 1.807) is 0 Å². The van der Waals surface area contributed by atoms with E-state index in [2.05, 4.69) is 36.9 Å². The molecule has 0 N–H and O–H groups in total. The molecule has 2 aromatic rings. The largest absolute Gasteiger partial charge is 0.143 e. The summed E-state index contributed by atoms with van der Waals surface area (Å²) in [5.41, 5.74) is 2.48. The first-order chi connectivity index (χ1) is 6.36. The molecule has 13 heavy (non-hydrogen) atoms. The van der Waals surface area contributed by atoms with Crippen LogP contribution >= 0.6 is 12.6 Å². The van der Waals surface area contributed by atoms with E-state index in [-0.39, 0.29) is 0 Å². The van der Waals surface area contributed by atoms with E-state index in [0.717, 1.165) is 4.90 Å². The standard InChI is InChI=1S/C12H10S/c13-12-8-6-11(7-9-12)10-4-2-1-3-5-10/h1-9,13H. The zero-order valence-electron chi connectivity index (χ0n) is 7.14. The van der Waals surface area contributed by atoms with Crippen LogP contribution in [-0.2, 0) is 0 Å². The van der Waals surface area contributed by atoms with Crippen LogP contribution in [0.3, 0.4) is 0 Å². The van der Waals surface area contributed by atoms with Crippen LogP contribution in [0.5, 0.6) is 0 Å². The second kappa shape index (κ2) is 3.67. The van der Waals surface area contributed by atoms with E-state index in [1.165, 1.54) is 11.1 Å². The monoisotopic (exact) mass is 186 g/mol. The Balaban J connectivity index is 2.42. The lowest BCUT2D eigenvalue weighted by Gasteiger charge is -2.00. The van der Waals surface area contributed by atoms with E-state index in [9.17, 15) is 0 Å². The third-order valence-corrected chi connectivity index (χ3v) is 2.27. The fourth-order valence-electron chi connectivity index (χ4n) is 1.28. The fraction of sp³-hybridized carbons (Fsp3) is 0. The van der Waals surface area contributed by atoms with Crippen molar-refractivity contribution in [2.75, 3.05) is 0 Å². The Morgan fingerprint density at radius 1 is 0.615 bits per heavy atom. The molecular weight excluding hydrogens is 176 g/mol. The first kappa shape index (κ1) is 8.39. The van der Waals surface area contributed by atoms with Crippen LogP contribution in [0, 0.1) is 0 Å². The SMILES string of the molecule is Sc1ccc(-c2ccccc2)cc1. The molecule has 0 aromatic heterocycles. The first-order valence-electron chi connectivity index (χ1n) is 4.21. The van der Waals surface area contributed by atoms with Gasteiger partial charge in [-0.25, -0.2) is 0 Å². The minimum atomic E-state index is 1.000. The minimum Gasteiger partial charge on any atom is -0.143 e. The fourth-order valence-corrected chi connectivity index (χ4v) is 1.43. The van der Waals surface area contributed by atoms with Crippen molar-refractivity contribution in [3.8, 4) is 11.1 Å². The Labute approximate surface area is 83.6 Å². The number of benzene rings is 2. The van der Waals surface area contributed by atoms with Gasteiger partial charge in [0.25, 0.3) is 0 Å². The summed E-state index contributed by atoms with van der Waals surface area (Å²) in [6, 6.07) is 18.5. The maximum atomic E-state index is 4.24. The van der Waals surface area contributed by atoms with Crippen molar-refractivity contribution in [1.82, 2.24) is 0 Å². The van der Waals surface area contributed by atoms with Gasteiger partial charge >= 0.3 is 0 Å². The summed E-state index contributed by atoms with van der Waals surface area (Å²) in [5, 5.41) is 0. The molecule has 0 amide bonds. The summed E-state index contributed by atoms with van der Waals surface area (Å²) in [7, 11) is 0. The predicted octanol–water partition coefficient (Wildman–Crippen LogP) is 3.64. The predicted molar refractivity (Wildman–Crippen MR) is 59.1 cm³/mol. The van der Waals surface area contributed by atoms with Crippen LogP contribution in [0.4, 0.5) is 0 Å². The zero-order chi connectivity index (χ0) is 9.10. The summed E-state index contributed by atoms with van der Waals surface area (Å²) in [4.78, 5) is 1.000. The highest BCUT2D eigenvalue weighted by atomic mass is 32.1. The molecule has 64 valence electrons. The average molecular weight is 186 g/mol. The average Bonchev–Trinajstić information content (AvgIpc) is 2.20. The van der Waals surface area contributed by atoms with Crippen molar-refractivity contribution in [3.63, 3.8) is 0 Å². The van der Waals surface area contributed by atoms with Gasteiger partial charge < -0.3 is 0 Å². The Morgan fingerprint density at radius 3 is 1.77 bits per heavy atom. The summed E-state index contributed by atoms with van der Waals surface area (Å²) in [6.07, 6.45) is 0. The molecular formula is C12H10S. The van der Waals surface area contributed by atoms with Crippen molar-refractivity contribution < 1.29 is 0 Å². The lowest BCUT2D eigenvalue weighted by atomic mass is 10.1. The summed E-state index contributed by atoms with van der Waals surface area (Å²) >= 11 is 4.24. The van der Waals surface area contributed by atoms with Crippen molar-refractivity contribution >= 4 is 12.6 Å². The van der Waals surface area contributed by atoms with Crippen LogP contribution in [0.1, 0.15) is 0 Å². The van der Waals surface area contributed by atoms with Gasteiger partial charge in [0.05, 0.1) is 0 Å². The van der Waals surface area contributed by atoms with Gasteiger partial charge in [0.2, 0.25) is 0 Å². The van der Waals surface area contributed by atoms with Crippen LogP contribution < -0.4 is 0 Å². The number of hydrogen-bond donors (Lipinski definition) is 1. The minimum absolute atomic E-state index is 1.000. The molecule has 0 aliphatic heterocycles. The van der Waals surface area contributed by atoms with E-state index in [0.29, 0.717) is 0 Å². The first-order valence-corrected chi connectivity index (χ1v) is 4.65. The molecule has 0 aliphatic rings. The number of hydrogen-bond acceptors (Lipinski definition) is 1. The Kier molecular flexibility index (Phi) is 2.37. The maximum Gasteiger partial charge on any atom is 0.00404 e. The molecule has 0 heterocycles. The van der Waals surface area contributed by atoms with Gasteiger partial charge in [0.15, 0.2) is 0 Å². The molecule has 0 fully saturated rings. The van der Waals surface area contributed by atoms with E-state index >= 15 is 0 Å². The molecule has 0 radical (unpaired) electrons. The summed E-state index contributed by atoms with van der Waals surface area (Å²) < 4.78 is 0. The van der Waals surface area contributed by atoms with Crippen molar-refractivity contribution in [1.29, 1.82) is 0 Å². The molecule has 0 nitrogen and oxygen atoms in total. The molecule has 0 bridgehead atoms. The topological polar surface area (TPSA) is 0 Å². The maximum absolute atomic E-state index is 4.24. The van der Waals surface area contributed by atoms with Gasteiger partial charge in [-0.3, -0.25) is 0 Å². The molecule has 1 heteroatoms. The van der Waals surface area contributed by atoms with Crippen molar-refractivity contribution in [2.45, 2.75) is 4.90 Å². The third-order valence-electron chi connectivity index (χ3n) is 1.97. The Bertz CT molecular complexity index is 376. The van der Waals surface area contributed by atoms with Crippen molar-refractivity contribution in [2.24, 2.45) is 0 Å². The highest BCUT2D eigenvalue weighted by Crippen LogP contribution is 2.19. The van der Waals surface area contributed by atoms with Crippen LogP contribution in [-0.4, -0.2) is 0 Å². The van der Waals surface area contributed by atoms with Gasteiger partial charge in [0, 0.05) is 4.90 Å². The molecule has 2 rings (SSSR count). The van der Waals surface area contributed by atoms with Gasteiger partial charge in [-0.2, -0.15) is 0 Å². The van der Waals surface area contributed by atoms with Gasteiger partial charge in [-0.1, -0.05) is 42.5 Å². The lowest BCUT2D eigenvalue weighted by Crippen LogP contribution is -1.75. The normalized spacial score (nSPS) is 9.92. The van der Waals surface area contributed by atoms with E-state index in [4.69, 9.17) is 0 Å². The van der Waals surface area contributed by atoms with Crippen LogP contribution in [0.15, 0.2) is 59.5 Å². The summed E-state index contributed by atoms with van der Waals surface area (Å²) in [5.74, 6) is 0. The highest BCUT2D eigenvalue weighted by Gasteiger charge is 1.94. The molecule has 0 spiro atoms. The molecule has 0 aliphatic carbocycles. The molecule has 0 saturated carbocycles. The lowest BCUT2D eigenvalue weighted by molar-refractivity contribution is 1.47. The van der Waals surface area contributed by atoms with Crippen LogP contribution in [0.25, 0.3) is 11.1 Å². The highest BCUT2D eigenvalue weighted by molar-refractivity contribution is 7.80. The molecule has 2 aromatic carbocycles. The van der Waals surface area contributed by atoms with Gasteiger partial charge in [-0.15, -0.1) is 12.6 Å². The van der Waals surface area contributed by atoms with Gasteiger partial charge in [0.1, 0.15) is 0 Å². The van der Waals surface area contributed by atoms with E-state index < -0.39 is 0 Å². The number of rotatable bonds is 1. The van der Waals surface area contributed by atoms with Crippen molar-refractivity contribution in [3.05, 3.63) is 54.6 Å². The zero-order valence-corrected chi connectivity index (χ0v) is 8.04. The summed E-state index contributed by atoms with van der Waals surface area (Å²) in [6.45, 7) is 0. The van der Waals surface area contributed by atoms with Crippen LogP contribution in [0.2, 0.25) is 0 Å². The quantitative estimate of drug-likeness (QED) is 0.646. The molecule has 0 saturated heterocycles. The molecule has 0 unspecified atom stereocenters. The smallest absolute Gasteiger partial charge is 0.00404 e. The van der Waals surface area contributed by atoms with Gasteiger partial charge in [-0.05, 0) is 23.3 Å². The second-order valence-electron chi connectivity index (χ2n) is 2.91.